The Bertz CT molecular complexity index is 718. The molecule has 5 nitrogen and oxygen atoms in total. The van der Waals surface area contributed by atoms with Crippen molar-refractivity contribution >= 4 is 19.9 Å². The minimum Gasteiger partial charge on any atom is -0.224 e. The fourth-order valence-corrected chi connectivity index (χ4v) is 5.41. The number of nitrogens with one attached hydrogen (secondary N) is 1. The van der Waals surface area contributed by atoms with Crippen LogP contribution in [0.2, 0.25) is 0 Å². The van der Waals surface area contributed by atoms with Crippen molar-refractivity contribution in [2.45, 2.75) is 50.0 Å². The maximum Gasteiger partial charge on any atom is 0.212 e. The van der Waals surface area contributed by atoms with Gasteiger partial charge in [-0.25, -0.2) is 21.6 Å². The molecule has 23 heavy (non-hydrogen) atoms. The van der Waals surface area contributed by atoms with Crippen molar-refractivity contribution in [2.24, 2.45) is 5.92 Å². The third-order valence-corrected chi connectivity index (χ3v) is 7.10. The molecule has 0 saturated heterocycles. The van der Waals surface area contributed by atoms with Crippen molar-refractivity contribution in [3.63, 3.8) is 0 Å². The Balaban J connectivity index is 2.01. The van der Waals surface area contributed by atoms with Crippen molar-refractivity contribution < 1.29 is 16.8 Å². The third kappa shape index (κ3) is 5.58. The van der Waals surface area contributed by atoms with E-state index in [9.17, 15) is 16.8 Å². The van der Waals surface area contributed by atoms with Crippen LogP contribution in [0.5, 0.6) is 0 Å². The second kappa shape index (κ2) is 7.32. The number of sulfone groups is 1. The quantitative estimate of drug-likeness (QED) is 0.847. The molecule has 1 aliphatic carbocycles. The number of hydrogen-bond acceptors (Lipinski definition) is 4. The Kier molecular flexibility index (Phi) is 5.86. The largest absolute Gasteiger partial charge is 0.224 e. The lowest BCUT2D eigenvalue weighted by Crippen LogP contribution is -2.32. The zero-order valence-corrected chi connectivity index (χ0v) is 15.3. The van der Waals surface area contributed by atoms with Crippen LogP contribution in [0.25, 0.3) is 0 Å². The Morgan fingerprint density at radius 3 is 2.13 bits per heavy atom. The molecule has 1 aromatic carbocycles. The predicted molar refractivity (Wildman–Crippen MR) is 91.5 cm³/mol. The minimum absolute atomic E-state index is 0.179. The molecular weight excluding hydrogens is 334 g/mol. The molecule has 1 atom stereocenters. The summed E-state index contributed by atoms with van der Waals surface area (Å²) in [7, 11) is -6.57. The van der Waals surface area contributed by atoms with Crippen molar-refractivity contribution in [3.8, 4) is 0 Å². The van der Waals surface area contributed by atoms with Crippen LogP contribution in [-0.2, 0) is 19.9 Å². The van der Waals surface area contributed by atoms with Gasteiger partial charge in [0.2, 0.25) is 10.0 Å². The monoisotopic (exact) mass is 359 g/mol. The van der Waals surface area contributed by atoms with E-state index in [0.717, 1.165) is 37.5 Å². The molecule has 1 N–H and O–H groups in total. The highest BCUT2D eigenvalue weighted by Gasteiger charge is 2.23. The van der Waals surface area contributed by atoms with Gasteiger partial charge in [-0.05, 0) is 43.4 Å². The Morgan fingerprint density at radius 1 is 1.04 bits per heavy atom. The lowest BCUT2D eigenvalue weighted by molar-refractivity contribution is 0.383. The highest BCUT2D eigenvalue weighted by Crippen LogP contribution is 2.25. The topological polar surface area (TPSA) is 80.3 Å². The summed E-state index contributed by atoms with van der Waals surface area (Å²) < 4.78 is 50.2. The molecule has 0 heterocycles. The SMILES string of the molecule is CC(NS(=O)(=O)CC1CCCCC1)c1ccc(S(C)(=O)=O)cc1. The molecule has 0 spiro atoms. The summed E-state index contributed by atoms with van der Waals surface area (Å²) in [6.45, 7) is 1.77. The zero-order chi connectivity index (χ0) is 17.1. The van der Waals surface area contributed by atoms with Crippen molar-refractivity contribution in [1.29, 1.82) is 0 Å². The molecule has 0 aromatic heterocycles. The van der Waals surface area contributed by atoms with Gasteiger partial charge in [0.15, 0.2) is 9.84 Å². The first kappa shape index (κ1) is 18.4. The van der Waals surface area contributed by atoms with Crippen LogP contribution in [0, 0.1) is 5.92 Å². The second-order valence-electron chi connectivity index (χ2n) is 6.47. The van der Waals surface area contributed by atoms with Crippen LogP contribution in [0.1, 0.15) is 50.6 Å². The average molecular weight is 360 g/mol. The number of sulfonamides is 1. The number of benzene rings is 1. The lowest BCUT2D eigenvalue weighted by Gasteiger charge is -2.23. The van der Waals surface area contributed by atoms with E-state index in [1.165, 1.54) is 18.6 Å². The molecule has 1 saturated carbocycles. The van der Waals surface area contributed by atoms with Crippen molar-refractivity contribution in [3.05, 3.63) is 29.8 Å². The van der Waals surface area contributed by atoms with Gasteiger partial charge in [0.1, 0.15) is 0 Å². The van der Waals surface area contributed by atoms with E-state index < -0.39 is 19.9 Å². The van der Waals surface area contributed by atoms with E-state index in [4.69, 9.17) is 0 Å². The smallest absolute Gasteiger partial charge is 0.212 e. The lowest BCUT2D eigenvalue weighted by atomic mass is 9.91. The van der Waals surface area contributed by atoms with Gasteiger partial charge in [-0.3, -0.25) is 0 Å². The first-order valence-corrected chi connectivity index (χ1v) is 11.5. The molecular formula is C16H25NO4S2. The summed E-state index contributed by atoms with van der Waals surface area (Å²) in [4.78, 5) is 0.235. The van der Waals surface area contributed by atoms with Crippen LogP contribution < -0.4 is 4.72 Å². The van der Waals surface area contributed by atoms with Crippen molar-refractivity contribution in [2.75, 3.05) is 12.0 Å². The van der Waals surface area contributed by atoms with E-state index in [2.05, 4.69) is 4.72 Å². The molecule has 1 unspecified atom stereocenters. The van der Waals surface area contributed by atoms with E-state index in [-0.39, 0.29) is 22.6 Å². The predicted octanol–water partition coefficient (Wildman–Crippen LogP) is 2.65. The van der Waals surface area contributed by atoms with Crippen LogP contribution >= 0.6 is 0 Å². The molecule has 1 aliphatic rings. The maximum atomic E-state index is 12.3. The van der Waals surface area contributed by atoms with Gasteiger partial charge >= 0.3 is 0 Å². The Labute approximate surface area is 139 Å². The molecule has 1 fully saturated rings. The fraction of sp³-hybridized carbons (Fsp3) is 0.625. The van der Waals surface area contributed by atoms with Crippen LogP contribution in [0.15, 0.2) is 29.2 Å². The molecule has 2 rings (SSSR count). The Morgan fingerprint density at radius 2 is 1.61 bits per heavy atom. The molecule has 0 aliphatic heterocycles. The van der Waals surface area contributed by atoms with Crippen molar-refractivity contribution in [1.82, 2.24) is 4.72 Å². The molecule has 130 valence electrons. The molecule has 0 amide bonds. The maximum absolute atomic E-state index is 12.3. The molecule has 7 heteroatoms. The average Bonchev–Trinajstić information content (AvgIpc) is 2.46. The normalized spacial score (nSPS) is 18.7. The van der Waals surface area contributed by atoms with Gasteiger partial charge in [-0.1, -0.05) is 31.4 Å². The van der Waals surface area contributed by atoms with Crippen LogP contribution in [0.4, 0.5) is 0 Å². The Hall–Kier alpha value is -0.920. The highest BCUT2D eigenvalue weighted by molar-refractivity contribution is 7.90. The highest BCUT2D eigenvalue weighted by atomic mass is 32.2. The van der Waals surface area contributed by atoms with Gasteiger partial charge < -0.3 is 0 Å². The van der Waals surface area contributed by atoms with Crippen LogP contribution in [0.3, 0.4) is 0 Å². The van der Waals surface area contributed by atoms with E-state index in [0.29, 0.717) is 0 Å². The first-order chi connectivity index (χ1) is 10.7. The van der Waals surface area contributed by atoms with Gasteiger partial charge in [-0.2, -0.15) is 0 Å². The number of hydrogen-bond donors (Lipinski definition) is 1. The minimum atomic E-state index is -3.34. The van der Waals surface area contributed by atoms with E-state index >= 15 is 0 Å². The summed E-state index contributed by atoms with van der Waals surface area (Å²) in [5.74, 6) is 0.430. The van der Waals surface area contributed by atoms with Crippen LogP contribution in [-0.4, -0.2) is 28.8 Å². The van der Waals surface area contributed by atoms with Gasteiger partial charge in [-0.15, -0.1) is 0 Å². The summed E-state index contributed by atoms with van der Waals surface area (Å²) in [6.07, 6.45) is 6.55. The zero-order valence-electron chi connectivity index (χ0n) is 13.7. The fourth-order valence-electron chi connectivity index (χ4n) is 3.05. The molecule has 0 radical (unpaired) electrons. The number of rotatable bonds is 6. The second-order valence-corrected chi connectivity index (χ2v) is 10.3. The molecule has 1 aromatic rings. The summed E-state index contributed by atoms with van der Waals surface area (Å²) >= 11 is 0. The van der Waals surface area contributed by atoms with Gasteiger partial charge in [0.05, 0.1) is 10.6 Å². The van der Waals surface area contributed by atoms with Gasteiger partial charge in [0.25, 0.3) is 0 Å². The van der Waals surface area contributed by atoms with E-state index in [1.807, 2.05) is 0 Å². The van der Waals surface area contributed by atoms with Gasteiger partial charge in [0, 0.05) is 12.3 Å². The van der Waals surface area contributed by atoms with E-state index in [1.54, 1.807) is 19.1 Å². The third-order valence-electron chi connectivity index (χ3n) is 4.34. The summed E-state index contributed by atoms with van der Waals surface area (Å²) in [5.41, 5.74) is 0.754. The standard InChI is InChI=1S/C16H25NO4S2/c1-13(15-8-10-16(11-9-15)22(2,18)19)17-23(20,21)12-14-6-4-3-5-7-14/h8-11,13-14,17H,3-7,12H2,1-2H3. The first-order valence-electron chi connectivity index (χ1n) is 7.97. The molecule has 0 bridgehead atoms. The summed E-state index contributed by atoms with van der Waals surface area (Å²) in [5, 5.41) is 0. The summed E-state index contributed by atoms with van der Waals surface area (Å²) in [6, 6.07) is 5.96.